The minimum atomic E-state index is -0.872. The maximum atomic E-state index is 10.5. The van der Waals surface area contributed by atoms with E-state index in [4.69, 9.17) is 5.11 Å². The number of carbonyl (C=O) groups is 1. The van der Waals surface area contributed by atoms with E-state index in [1.807, 2.05) is 26.8 Å². The SMILES string of the molecule is Cc1cc2ncc(C(C)NCC(=O)O)c(C)n2n1. The number of fused-ring (bicyclic) bond motifs is 1. The lowest BCUT2D eigenvalue weighted by molar-refractivity contribution is -0.136. The Labute approximate surface area is 105 Å². The van der Waals surface area contributed by atoms with Gasteiger partial charge in [-0.15, -0.1) is 0 Å². The molecule has 6 nitrogen and oxygen atoms in total. The molecule has 0 amide bonds. The molecule has 96 valence electrons. The molecular weight excluding hydrogens is 232 g/mol. The Morgan fingerprint density at radius 1 is 1.56 bits per heavy atom. The van der Waals surface area contributed by atoms with Crippen molar-refractivity contribution in [2.75, 3.05) is 6.54 Å². The molecule has 1 atom stereocenters. The molecule has 0 aromatic carbocycles. The van der Waals surface area contributed by atoms with Crippen LogP contribution in [0.4, 0.5) is 0 Å². The fourth-order valence-electron chi connectivity index (χ4n) is 1.95. The van der Waals surface area contributed by atoms with Gasteiger partial charge < -0.3 is 10.4 Å². The van der Waals surface area contributed by atoms with Crippen molar-refractivity contribution < 1.29 is 9.90 Å². The van der Waals surface area contributed by atoms with Crippen molar-refractivity contribution in [3.05, 3.63) is 29.2 Å². The molecule has 2 heterocycles. The number of aryl methyl sites for hydroxylation is 2. The van der Waals surface area contributed by atoms with Crippen LogP contribution in [0.5, 0.6) is 0 Å². The number of nitrogens with zero attached hydrogens (tertiary/aromatic N) is 3. The lowest BCUT2D eigenvalue weighted by Crippen LogP contribution is -2.26. The van der Waals surface area contributed by atoms with Gasteiger partial charge in [-0.1, -0.05) is 0 Å². The molecule has 2 rings (SSSR count). The summed E-state index contributed by atoms with van der Waals surface area (Å²) in [5.74, 6) is -0.872. The number of aliphatic carboxylic acids is 1. The van der Waals surface area contributed by atoms with Gasteiger partial charge in [0.05, 0.1) is 12.2 Å². The highest BCUT2D eigenvalue weighted by atomic mass is 16.4. The molecule has 0 radical (unpaired) electrons. The van der Waals surface area contributed by atoms with Crippen LogP contribution in [0.25, 0.3) is 5.65 Å². The number of carboxylic acid groups (broad SMARTS) is 1. The van der Waals surface area contributed by atoms with Crippen LogP contribution in [0.15, 0.2) is 12.3 Å². The molecule has 0 saturated carbocycles. The number of carboxylic acids is 1. The smallest absolute Gasteiger partial charge is 0.317 e. The van der Waals surface area contributed by atoms with Crippen LogP contribution in [-0.4, -0.2) is 32.2 Å². The number of aromatic nitrogens is 3. The molecule has 0 spiro atoms. The van der Waals surface area contributed by atoms with Crippen LogP contribution in [0.3, 0.4) is 0 Å². The number of nitrogens with one attached hydrogen (secondary N) is 1. The highest BCUT2D eigenvalue weighted by Gasteiger charge is 2.13. The van der Waals surface area contributed by atoms with Gasteiger partial charge >= 0.3 is 5.97 Å². The van der Waals surface area contributed by atoms with Crippen molar-refractivity contribution in [2.45, 2.75) is 26.8 Å². The van der Waals surface area contributed by atoms with E-state index in [2.05, 4.69) is 15.4 Å². The second-order valence-corrected chi connectivity index (χ2v) is 4.35. The standard InChI is InChI=1S/C12H16N4O2/c1-7-4-11-14-5-10(9(3)16(11)15-7)8(2)13-6-12(17)18/h4-5,8,13H,6H2,1-3H3,(H,17,18). The summed E-state index contributed by atoms with van der Waals surface area (Å²) in [6.07, 6.45) is 1.77. The molecule has 0 bridgehead atoms. The van der Waals surface area contributed by atoms with E-state index >= 15 is 0 Å². The first-order valence-electron chi connectivity index (χ1n) is 5.76. The second-order valence-electron chi connectivity index (χ2n) is 4.35. The summed E-state index contributed by atoms with van der Waals surface area (Å²) < 4.78 is 1.78. The van der Waals surface area contributed by atoms with Crippen molar-refractivity contribution >= 4 is 11.6 Å². The maximum absolute atomic E-state index is 10.5. The van der Waals surface area contributed by atoms with Gasteiger partial charge in [0.25, 0.3) is 0 Å². The summed E-state index contributed by atoms with van der Waals surface area (Å²) in [6.45, 7) is 5.71. The van der Waals surface area contributed by atoms with Crippen LogP contribution in [-0.2, 0) is 4.79 Å². The molecule has 2 aromatic heterocycles. The first-order chi connectivity index (χ1) is 8.49. The summed E-state index contributed by atoms with van der Waals surface area (Å²) in [5.41, 5.74) is 3.64. The van der Waals surface area contributed by atoms with Gasteiger partial charge in [-0.3, -0.25) is 4.79 Å². The van der Waals surface area contributed by atoms with Gasteiger partial charge in [-0.25, -0.2) is 9.50 Å². The third-order valence-corrected chi connectivity index (χ3v) is 2.91. The van der Waals surface area contributed by atoms with Crippen molar-refractivity contribution in [3.8, 4) is 0 Å². The first kappa shape index (κ1) is 12.5. The van der Waals surface area contributed by atoms with Crippen LogP contribution in [0.1, 0.15) is 29.9 Å². The van der Waals surface area contributed by atoms with Gasteiger partial charge in [0, 0.05) is 29.6 Å². The van der Waals surface area contributed by atoms with Crippen molar-refractivity contribution in [3.63, 3.8) is 0 Å². The lowest BCUT2D eigenvalue weighted by Gasteiger charge is -2.15. The Morgan fingerprint density at radius 3 is 2.94 bits per heavy atom. The predicted molar refractivity (Wildman–Crippen MR) is 66.5 cm³/mol. The Morgan fingerprint density at radius 2 is 2.28 bits per heavy atom. The minimum absolute atomic E-state index is 0.0726. The van der Waals surface area contributed by atoms with E-state index in [0.29, 0.717) is 0 Å². The van der Waals surface area contributed by atoms with Crippen LogP contribution in [0, 0.1) is 13.8 Å². The number of rotatable bonds is 4. The topological polar surface area (TPSA) is 79.5 Å². The Hall–Kier alpha value is -1.95. The fourth-order valence-corrected chi connectivity index (χ4v) is 1.95. The van der Waals surface area contributed by atoms with Crippen LogP contribution in [0.2, 0.25) is 0 Å². The largest absolute Gasteiger partial charge is 0.480 e. The molecule has 0 aliphatic carbocycles. The van der Waals surface area contributed by atoms with Gasteiger partial charge in [0.15, 0.2) is 5.65 Å². The molecule has 0 fully saturated rings. The summed E-state index contributed by atoms with van der Waals surface area (Å²) in [4.78, 5) is 14.9. The van der Waals surface area contributed by atoms with E-state index in [9.17, 15) is 4.79 Å². The van der Waals surface area contributed by atoms with Gasteiger partial charge in [0.1, 0.15) is 0 Å². The Kier molecular flexibility index (Phi) is 3.29. The normalized spacial score (nSPS) is 12.8. The quantitative estimate of drug-likeness (QED) is 0.846. The summed E-state index contributed by atoms with van der Waals surface area (Å²) in [6, 6.07) is 1.83. The molecule has 18 heavy (non-hydrogen) atoms. The zero-order valence-electron chi connectivity index (χ0n) is 10.6. The predicted octanol–water partition coefficient (Wildman–Crippen LogP) is 1.08. The van der Waals surface area contributed by atoms with Crippen molar-refractivity contribution in [2.24, 2.45) is 0 Å². The highest BCUT2D eigenvalue weighted by molar-refractivity contribution is 5.69. The fraction of sp³-hybridized carbons (Fsp3) is 0.417. The van der Waals surface area contributed by atoms with Gasteiger partial charge in [-0.05, 0) is 20.8 Å². The molecule has 0 aliphatic heterocycles. The summed E-state index contributed by atoms with van der Waals surface area (Å²) in [5, 5.41) is 15.9. The van der Waals surface area contributed by atoms with Crippen molar-refractivity contribution in [1.82, 2.24) is 19.9 Å². The zero-order valence-corrected chi connectivity index (χ0v) is 10.6. The monoisotopic (exact) mass is 248 g/mol. The van der Waals surface area contributed by atoms with Crippen LogP contribution < -0.4 is 5.32 Å². The molecule has 2 N–H and O–H groups in total. The summed E-state index contributed by atoms with van der Waals surface area (Å²) in [7, 11) is 0. The lowest BCUT2D eigenvalue weighted by atomic mass is 10.1. The van der Waals surface area contributed by atoms with E-state index in [0.717, 1.165) is 22.6 Å². The van der Waals surface area contributed by atoms with Gasteiger partial charge in [0.2, 0.25) is 0 Å². The number of hydrogen-bond donors (Lipinski definition) is 2. The molecule has 1 unspecified atom stereocenters. The third kappa shape index (κ3) is 2.33. The minimum Gasteiger partial charge on any atom is -0.480 e. The molecule has 6 heteroatoms. The third-order valence-electron chi connectivity index (χ3n) is 2.91. The summed E-state index contributed by atoms with van der Waals surface area (Å²) >= 11 is 0. The van der Waals surface area contributed by atoms with E-state index < -0.39 is 5.97 Å². The Balaban J connectivity index is 2.33. The number of hydrogen-bond acceptors (Lipinski definition) is 4. The van der Waals surface area contributed by atoms with E-state index in [1.165, 1.54) is 0 Å². The Bertz CT molecular complexity index is 591. The average molecular weight is 248 g/mol. The second kappa shape index (κ2) is 4.73. The molecular formula is C12H16N4O2. The average Bonchev–Trinajstić information content (AvgIpc) is 2.68. The van der Waals surface area contributed by atoms with Crippen LogP contribution >= 0.6 is 0 Å². The van der Waals surface area contributed by atoms with Gasteiger partial charge in [-0.2, -0.15) is 5.10 Å². The molecule has 2 aromatic rings. The van der Waals surface area contributed by atoms with Crippen molar-refractivity contribution in [1.29, 1.82) is 0 Å². The maximum Gasteiger partial charge on any atom is 0.317 e. The van der Waals surface area contributed by atoms with E-state index in [1.54, 1.807) is 10.7 Å². The zero-order chi connectivity index (χ0) is 13.3. The molecule has 0 saturated heterocycles. The highest BCUT2D eigenvalue weighted by Crippen LogP contribution is 2.17. The molecule has 0 aliphatic rings. The van der Waals surface area contributed by atoms with E-state index in [-0.39, 0.29) is 12.6 Å². The first-order valence-corrected chi connectivity index (χ1v) is 5.76.